The Bertz CT molecular complexity index is 265. The molecule has 1 aromatic rings. The van der Waals surface area contributed by atoms with Gasteiger partial charge in [0.2, 0.25) is 5.88 Å². The molecule has 0 amide bonds. The van der Waals surface area contributed by atoms with Crippen LogP contribution < -0.4 is 4.74 Å². The van der Waals surface area contributed by atoms with Gasteiger partial charge in [-0.25, -0.2) is 4.98 Å². The van der Waals surface area contributed by atoms with E-state index >= 15 is 0 Å². The van der Waals surface area contributed by atoms with Crippen molar-refractivity contribution in [1.29, 1.82) is 0 Å². The molecule has 0 aliphatic heterocycles. The maximum absolute atomic E-state index is 5.11. The van der Waals surface area contributed by atoms with Crippen LogP contribution in [-0.2, 0) is 6.42 Å². The molecule has 12 heavy (non-hydrogen) atoms. The Morgan fingerprint density at radius 3 is 2.83 bits per heavy atom. The molecule has 1 rings (SSSR count). The molecule has 0 aromatic carbocycles. The van der Waals surface area contributed by atoms with Crippen molar-refractivity contribution in [1.82, 2.24) is 9.97 Å². The van der Waals surface area contributed by atoms with Crippen LogP contribution in [0.5, 0.6) is 5.88 Å². The number of ether oxygens (including phenoxy) is 1. The molecule has 4 heteroatoms. The van der Waals surface area contributed by atoms with Crippen molar-refractivity contribution in [3.8, 4) is 5.88 Å². The molecule has 1 aromatic heterocycles. The van der Waals surface area contributed by atoms with Crippen LogP contribution in [0, 0.1) is 0 Å². The molecule has 0 saturated carbocycles. The average molecular weight is 184 g/mol. The number of rotatable bonds is 3. The van der Waals surface area contributed by atoms with E-state index in [0.717, 1.165) is 17.1 Å². The van der Waals surface area contributed by atoms with Crippen molar-refractivity contribution < 1.29 is 4.74 Å². The minimum absolute atomic E-state index is 0.692. The Morgan fingerprint density at radius 1 is 1.58 bits per heavy atom. The third-order valence-electron chi connectivity index (χ3n) is 1.56. The fraction of sp³-hybridized carbons (Fsp3) is 0.500. The van der Waals surface area contributed by atoms with Gasteiger partial charge in [-0.05, 0) is 12.7 Å². The summed E-state index contributed by atoms with van der Waals surface area (Å²) in [6.07, 6.45) is 4.66. The van der Waals surface area contributed by atoms with Crippen LogP contribution in [-0.4, -0.2) is 23.3 Å². The van der Waals surface area contributed by atoms with E-state index in [0.29, 0.717) is 5.88 Å². The molecule has 0 saturated heterocycles. The predicted octanol–water partition coefficient (Wildman–Crippen LogP) is 1.77. The molecule has 0 aliphatic carbocycles. The van der Waals surface area contributed by atoms with Crippen LogP contribution in [0.25, 0.3) is 0 Å². The van der Waals surface area contributed by atoms with Crippen molar-refractivity contribution in [3.05, 3.63) is 11.8 Å². The summed E-state index contributed by atoms with van der Waals surface area (Å²) in [4.78, 5) is 8.36. The number of hydrogen-bond acceptors (Lipinski definition) is 4. The predicted molar refractivity (Wildman–Crippen MR) is 49.7 cm³/mol. The van der Waals surface area contributed by atoms with Crippen LogP contribution >= 0.6 is 11.8 Å². The molecule has 0 bridgehead atoms. The van der Waals surface area contributed by atoms with Gasteiger partial charge in [-0.3, -0.25) is 0 Å². The highest BCUT2D eigenvalue weighted by Crippen LogP contribution is 2.18. The minimum Gasteiger partial charge on any atom is -0.481 e. The van der Waals surface area contributed by atoms with E-state index in [1.807, 2.05) is 12.5 Å². The zero-order chi connectivity index (χ0) is 8.97. The first kappa shape index (κ1) is 9.32. The Kier molecular flexibility index (Phi) is 3.34. The van der Waals surface area contributed by atoms with Gasteiger partial charge >= 0.3 is 0 Å². The van der Waals surface area contributed by atoms with E-state index in [1.165, 1.54) is 11.8 Å². The first-order valence-electron chi connectivity index (χ1n) is 3.75. The molecule has 1 heterocycles. The summed E-state index contributed by atoms with van der Waals surface area (Å²) in [7, 11) is 1.63. The summed E-state index contributed by atoms with van der Waals surface area (Å²) in [5.74, 6) is 0.692. The summed E-state index contributed by atoms with van der Waals surface area (Å²) in [5.41, 5.74) is 1.05. The monoisotopic (exact) mass is 184 g/mol. The van der Waals surface area contributed by atoms with Gasteiger partial charge in [-0.15, -0.1) is 0 Å². The average Bonchev–Trinajstić information content (AvgIpc) is 2.16. The third-order valence-corrected chi connectivity index (χ3v) is 2.12. The minimum atomic E-state index is 0.692. The highest BCUT2D eigenvalue weighted by molar-refractivity contribution is 7.98. The van der Waals surface area contributed by atoms with Crippen molar-refractivity contribution in [2.24, 2.45) is 0 Å². The fourth-order valence-electron chi connectivity index (χ4n) is 0.893. The smallest absolute Gasteiger partial charge is 0.220 e. The molecule has 0 unspecified atom stereocenters. The Balaban J connectivity index is 3.02. The molecule has 3 nitrogen and oxygen atoms in total. The van der Waals surface area contributed by atoms with Crippen molar-refractivity contribution >= 4 is 11.8 Å². The molecule has 0 radical (unpaired) electrons. The molecule has 0 N–H and O–H groups in total. The zero-order valence-corrected chi connectivity index (χ0v) is 8.31. The highest BCUT2D eigenvalue weighted by atomic mass is 32.2. The highest BCUT2D eigenvalue weighted by Gasteiger charge is 2.04. The molecule has 0 fully saturated rings. The van der Waals surface area contributed by atoms with E-state index in [9.17, 15) is 0 Å². The van der Waals surface area contributed by atoms with Crippen LogP contribution in [0.2, 0.25) is 0 Å². The maximum Gasteiger partial charge on any atom is 0.220 e. The lowest BCUT2D eigenvalue weighted by molar-refractivity contribution is 0.387. The van der Waals surface area contributed by atoms with Gasteiger partial charge in [0.05, 0.1) is 7.11 Å². The standard InChI is InChI=1S/C8H12N2OS/c1-4-6-5-9-8(12-3)10-7(6)11-2/h5H,4H2,1-3H3. The lowest BCUT2D eigenvalue weighted by Gasteiger charge is -2.04. The number of aromatic nitrogens is 2. The van der Waals surface area contributed by atoms with Crippen LogP contribution in [0.3, 0.4) is 0 Å². The third kappa shape index (κ3) is 1.88. The van der Waals surface area contributed by atoms with Crippen LogP contribution in [0.4, 0.5) is 0 Å². The van der Waals surface area contributed by atoms with Crippen LogP contribution in [0.15, 0.2) is 11.4 Å². The second-order valence-electron chi connectivity index (χ2n) is 2.24. The van der Waals surface area contributed by atoms with Gasteiger partial charge in [0.1, 0.15) is 0 Å². The van der Waals surface area contributed by atoms with Gasteiger partial charge in [0, 0.05) is 11.8 Å². The zero-order valence-electron chi connectivity index (χ0n) is 7.50. The van der Waals surface area contributed by atoms with Crippen molar-refractivity contribution in [3.63, 3.8) is 0 Å². The molecule has 0 atom stereocenters. The van der Waals surface area contributed by atoms with Gasteiger partial charge in [-0.2, -0.15) is 4.98 Å². The van der Waals surface area contributed by atoms with Gasteiger partial charge in [-0.1, -0.05) is 18.7 Å². The number of nitrogens with zero attached hydrogens (tertiary/aromatic N) is 2. The number of thioether (sulfide) groups is 1. The molecular formula is C8H12N2OS. The molecule has 66 valence electrons. The SMILES string of the molecule is CCc1cnc(SC)nc1OC. The van der Waals surface area contributed by atoms with Gasteiger partial charge in [0.15, 0.2) is 5.16 Å². The Labute approximate surface area is 76.6 Å². The topological polar surface area (TPSA) is 35.0 Å². The Morgan fingerprint density at radius 2 is 2.33 bits per heavy atom. The summed E-state index contributed by atoms with van der Waals surface area (Å²) in [5, 5.41) is 0.754. The van der Waals surface area contributed by atoms with Crippen molar-refractivity contribution in [2.45, 2.75) is 18.5 Å². The lowest BCUT2D eigenvalue weighted by Crippen LogP contribution is -1.97. The molecular weight excluding hydrogens is 172 g/mol. The summed E-state index contributed by atoms with van der Waals surface area (Å²) in [6, 6.07) is 0. The molecule has 0 spiro atoms. The van der Waals surface area contributed by atoms with Gasteiger partial charge < -0.3 is 4.74 Å². The summed E-state index contributed by atoms with van der Waals surface area (Å²) in [6.45, 7) is 2.06. The number of methoxy groups -OCH3 is 1. The van der Waals surface area contributed by atoms with Crippen molar-refractivity contribution in [2.75, 3.05) is 13.4 Å². The number of aryl methyl sites for hydroxylation is 1. The van der Waals surface area contributed by atoms with Gasteiger partial charge in [0.25, 0.3) is 0 Å². The quantitative estimate of drug-likeness (QED) is 0.529. The first-order chi connectivity index (χ1) is 5.81. The second-order valence-corrected chi connectivity index (χ2v) is 3.02. The summed E-state index contributed by atoms with van der Waals surface area (Å²) < 4.78 is 5.11. The van der Waals surface area contributed by atoms with Crippen LogP contribution in [0.1, 0.15) is 12.5 Å². The second kappa shape index (κ2) is 4.30. The largest absolute Gasteiger partial charge is 0.481 e. The normalized spacial score (nSPS) is 9.92. The van der Waals surface area contributed by atoms with E-state index in [1.54, 1.807) is 7.11 Å². The number of hydrogen-bond donors (Lipinski definition) is 0. The first-order valence-corrected chi connectivity index (χ1v) is 4.98. The Hall–Kier alpha value is -0.770. The van der Waals surface area contributed by atoms with E-state index in [4.69, 9.17) is 4.74 Å². The summed E-state index contributed by atoms with van der Waals surface area (Å²) >= 11 is 1.52. The van der Waals surface area contributed by atoms with E-state index in [-0.39, 0.29) is 0 Å². The van der Waals surface area contributed by atoms with E-state index < -0.39 is 0 Å². The maximum atomic E-state index is 5.11. The fourth-order valence-corrected chi connectivity index (χ4v) is 1.23. The van der Waals surface area contributed by atoms with E-state index in [2.05, 4.69) is 16.9 Å². The lowest BCUT2D eigenvalue weighted by atomic mass is 10.2. The molecule has 0 aliphatic rings.